The van der Waals surface area contributed by atoms with Crippen LogP contribution in [0.1, 0.15) is 18.5 Å². The van der Waals surface area contributed by atoms with Crippen molar-refractivity contribution in [1.82, 2.24) is 10.3 Å². The Labute approximate surface area is 134 Å². The molecule has 1 amide bonds. The van der Waals surface area contributed by atoms with Gasteiger partial charge in [-0.2, -0.15) is 0 Å². The molecule has 1 aliphatic rings. The Morgan fingerprint density at radius 2 is 2.00 bits per heavy atom. The third-order valence-corrected chi connectivity index (χ3v) is 4.14. The number of benzene rings is 1. The highest BCUT2D eigenvalue weighted by atomic mass is 16.7. The maximum absolute atomic E-state index is 12.1. The van der Waals surface area contributed by atoms with Crippen molar-refractivity contribution in [2.24, 2.45) is 0 Å². The summed E-state index contributed by atoms with van der Waals surface area (Å²) < 4.78 is 16.0. The van der Waals surface area contributed by atoms with Crippen molar-refractivity contribution in [2.75, 3.05) is 14.2 Å². The predicted molar refractivity (Wildman–Crippen MR) is 83.6 cm³/mol. The maximum Gasteiger partial charge on any atom is 0.226 e. The smallest absolute Gasteiger partial charge is 0.226 e. The van der Waals surface area contributed by atoms with Gasteiger partial charge in [0.05, 0.1) is 12.1 Å². The molecule has 3 rings (SSSR count). The highest BCUT2D eigenvalue weighted by molar-refractivity contribution is 5.78. The Hall–Kier alpha value is -2.18. The molecule has 1 aromatic heterocycles. The predicted octanol–water partition coefficient (Wildman–Crippen LogP) is 2.15. The SMILES string of the molecule is COC1(OC)CC(NC(=O)Cc2coc(-c3ccccc3)n2)C1. The monoisotopic (exact) mass is 316 g/mol. The van der Waals surface area contributed by atoms with Gasteiger partial charge in [-0.3, -0.25) is 4.79 Å². The van der Waals surface area contributed by atoms with Crippen molar-refractivity contribution in [3.8, 4) is 11.5 Å². The molecule has 1 aromatic carbocycles. The number of carbonyl (C=O) groups excluding carboxylic acids is 1. The van der Waals surface area contributed by atoms with Crippen molar-refractivity contribution >= 4 is 5.91 Å². The molecule has 0 radical (unpaired) electrons. The van der Waals surface area contributed by atoms with Gasteiger partial charge in [0.1, 0.15) is 6.26 Å². The van der Waals surface area contributed by atoms with Crippen LogP contribution in [-0.2, 0) is 20.7 Å². The molecular weight excluding hydrogens is 296 g/mol. The van der Waals surface area contributed by atoms with Crippen LogP contribution in [0.15, 0.2) is 41.0 Å². The van der Waals surface area contributed by atoms with Crippen molar-refractivity contribution in [2.45, 2.75) is 31.1 Å². The van der Waals surface area contributed by atoms with E-state index in [0.29, 0.717) is 24.4 Å². The summed E-state index contributed by atoms with van der Waals surface area (Å²) in [5.74, 6) is -0.106. The molecule has 1 N–H and O–H groups in total. The van der Waals surface area contributed by atoms with E-state index in [1.807, 2.05) is 30.3 Å². The summed E-state index contributed by atoms with van der Waals surface area (Å²) in [7, 11) is 3.23. The molecule has 2 aromatic rings. The van der Waals surface area contributed by atoms with Crippen LogP contribution in [-0.4, -0.2) is 36.9 Å². The van der Waals surface area contributed by atoms with Gasteiger partial charge in [0.15, 0.2) is 5.79 Å². The molecule has 0 spiro atoms. The summed E-state index contributed by atoms with van der Waals surface area (Å²) in [6.45, 7) is 0. The first-order valence-electron chi connectivity index (χ1n) is 7.53. The third-order valence-electron chi connectivity index (χ3n) is 4.14. The molecule has 0 unspecified atom stereocenters. The van der Waals surface area contributed by atoms with E-state index in [0.717, 1.165) is 5.56 Å². The average molecular weight is 316 g/mol. The van der Waals surface area contributed by atoms with Gasteiger partial charge >= 0.3 is 0 Å². The first kappa shape index (κ1) is 15.7. The summed E-state index contributed by atoms with van der Waals surface area (Å²) in [6, 6.07) is 9.67. The number of aromatic nitrogens is 1. The van der Waals surface area contributed by atoms with Crippen molar-refractivity contribution in [3.05, 3.63) is 42.3 Å². The van der Waals surface area contributed by atoms with Gasteiger partial charge in [0, 0.05) is 38.7 Å². The summed E-state index contributed by atoms with van der Waals surface area (Å²) in [6.07, 6.45) is 3.02. The molecule has 1 heterocycles. The lowest BCUT2D eigenvalue weighted by molar-refractivity contribution is -0.258. The molecule has 0 bridgehead atoms. The minimum absolute atomic E-state index is 0.0721. The van der Waals surface area contributed by atoms with Gasteiger partial charge in [0.25, 0.3) is 0 Å². The van der Waals surface area contributed by atoms with Gasteiger partial charge in [0.2, 0.25) is 11.8 Å². The van der Waals surface area contributed by atoms with E-state index in [1.165, 1.54) is 6.26 Å². The molecule has 0 aliphatic heterocycles. The van der Waals surface area contributed by atoms with E-state index in [2.05, 4.69) is 10.3 Å². The van der Waals surface area contributed by atoms with Crippen LogP contribution in [0.3, 0.4) is 0 Å². The van der Waals surface area contributed by atoms with Crippen LogP contribution < -0.4 is 5.32 Å². The van der Waals surface area contributed by atoms with Crippen LogP contribution in [0.5, 0.6) is 0 Å². The first-order valence-corrected chi connectivity index (χ1v) is 7.53. The Morgan fingerprint density at radius 3 is 2.65 bits per heavy atom. The number of ether oxygens (including phenoxy) is 2. The zero-order valence-corrected chi connectivity index (χ0v) is 13.2. The van der Waals surface area contributed by atoms with Crippen molar-refractivity contribution < 1.29 is 18.7 Å². The second-order valence-electron chi connectivity index (χ2n) is 5.68. The number of rotatable bonds is 6. The Morgan fingerprint density at radius 1 is 1.30 bits per heavy atom. The normalized spacial score (nSPS) is 16.8. The van der Waals surface area contributed by atoms with Crippen LogP contribution in [0.4, 0.5) is 0 Å². The minimum Gasteiger partial charge on any atom is -0.444 e. The fourth-order valence-electron chi connectivity index (χ4n) is 2.75. The van der Waals surface area contributed by atoms with E-state index in [-0.39, 0.29) is 18.4 Å². The Kier molecular flexibility index (Phi) is 4.45. The fraction of sp³-hybridized carbons (Fsp3) is 0.412. The number of oxazole rings is 1. The largest absolute Gasteiger partial charge is 0.444 e. The average Bonchev–Trinajstić information content (AvgIpc) is 3.00. The molecule has 6 heteroatoms. The molecule has 0 saturated heterocycles. The van der Waals surface area contributed by atoms with E-state index in [9.17, 15) is 4.79 Å². The quantitative estimate of drug-likeness (QED) is 0.827. The standard InChI is InChI=1S/C17H20N2O4/c1-21-17(22-2)9-14(10-17)18-15(20)8-13-11-23-16(19-13)12-6-4-3-5-7-12/h3-7,11,14H,8-10H2,1-2H3,(H,18,20). The van der Waals surface area contributed by atoms with Crippen molar-refractivity contribution in [3.63, 3.8) is 0 Å². The van der Waals surface area contributed by atoms with Crippen LogP contribution in [0.2, 0.25) is 0 Å². The number of hydrogen-bond acceptors (Lipinski definition) is 5. The zero-order valence-electron chi connectivity index (χ0n) is 13.2. The lowest BCUT2D eigenvalue weighted by atomic mass is 9.85. The highest BCUT2D eigenvalue weighted by Crippen LogP contribution is 2.35. The highest BCUT2D eigenvalue weighted by Gasteiger charge is 2.45. The number of methoxy groups -OCH3 is 2. The molecule has 23 heavy (non-hydrogen) atoms. The van der Waals surface area contributed by atoms with Gasteiger partial charge in [-0.15, -0.1) is 0 Å². The molecule has 1 fully saturated rings. The number of carbonyl (C=O) groups is 1. The molecule has 6 nitrogen and oxygen atoms in total. The summed E-state index contributed by atoms with van der Waals surface area (Å²) in [5.41, 5.74) is 1.51. The van der Waals surface area contributed by atoms with E-state index in [1.54, 1.807) is 14.2 Å². The van der Waals surface area contributed by atoms with E-state index in [4.69, 9.17) is 13.9 Å². The van der Waals surface area contributed by atoms with E-state index < -0.39 is 5.79 Å². The second kappa shape index (κ2) is 6.52. The van der Waals surface area contributed by atoms with Gasteiger partial charge in [-0.1, -0.05) is 18.2 Å². The van der Waals surface area contributed by atoms with Crippen LogP contribution in [0.25, 0.3) is 11.5 Å². The summed E-state index contributed by atoms with van der Waals surface area (Å²) in [5, 5.41) is 2.96. The molecular formula is C17H20N2O4. The lowest BCUT2D eigenvalue weighted by Crippen LogP contribution is -2.57. The Balaban J connectivity index is 1.53. The topological polar surface area (TPSA) is 73.6 Å². The summed E-state index contributed by atoms with van der Waals surface area (Å²) in [4.78, 5) is 16.4. The molecule has 1 saturated carbocycles. The first-order chi connectivity index (χ1) is 11.1. The van der Waals surface area contributed by atoms with Crippen LogP contribution in [0, 0.1) is 0 Å². The fourth-order valence-corrected chi connectivity index (χ4v) is 2.75. The van der Waals surface area contributed by atoms with E-state index >= 15 is 0 Å². The Bertz CT molecular complexity index is 656. The number of amides is 1. The van der Waals surface area contributed by atoms with Crippen molar-refractivity contribution in [1.29, 1.82) is 0 Å². The summed E-state index contributed by atoms with van der Waals surface area (Å²) >= 11 is 0. The zero-order chi connectivity index (χ0) is 16.3. The lowest BCUT2D eigenvalue weighted by Gasteiger charge is -2.45. The second-order valence-corrected chi connectivity index (χ2v) is 5.68. The molecule has 122 valence electrons. The molecule has 1 aliphatic carbocycles. The number of nitrogens with one attached hydrogen (secondary N) is 1. The third kappa shape index (κ3) is 3.43. The number of nitrogens with zero attached hydrogens (tertiary/aromatic N) is 1. The number of hydrogen-bond donors (Lipinski definition) is 1. The van der Waals surface area contributed by atoms with Crippen LogP contribution >= 0.6 is 0 Å². The van der Waals surface area contributed by atoms with Gasteiger partial charge < -0.3 is 19.2 Å². The van der Waals surface area contributed by atoms with Gasteiger partial charge in [-0.05, 0) is 12.1 Å². The maximum atomic E-state index is 12.1. The van der Waals surface area contributed by atoms with Gasteiger partial charge in [-0.25, -0.2) is 4.98 Å². The molecule has 0 atom stereocenters. The minimum atomic E-state index is -0.549.